The summed E-state index contributed by atoms with van der Waals surface area (Å²) >= 11 is 0. The van der Waals surface area contributed by atoms with E-state index in [-0.39, 0.29) is 12.5 Å². The molecule has 0 aliphatic rings. The summed E-state index contributed by atoms with van der Waals surface area (Å²) in [7, 11) is 0. The smallest absolute Gasteiger partial charge is 0.216 e. The molecule has 0 aromatic carbocycles. The summed E-state index contributed by atoms with van der Waals surface area (Å²) in [5, 5.41) is 20.8. The van der Waals surface area contributed by atoms with Gasteiger partial charge in [-0.25, -0.2) is 0 Å². The molecule has 11 heavy (non-hydrogen) atoms. The fourth-order valence-corrected chi connectivity index (χ4v) is 0.490. The first-order chi connectivity index (χ1) is 4.84. The van der Waals surface area contributed by atoms with Crippen molar-refractivity contribution < 1.29 is 15.0 Å². The van der Waals surface area contributed by atoms with E-state index in [0.29, 0.717) is 0 Å². The van der Waals surface area contributed by atoms with Gasteiger partial charge in [0.2, 0.25) is 5.91 Å². The second-order valence-corrected chi connectivity index (χ2v) is 3.11. The lowest BCUT2D eigenvalue weighted by molar-refractivity contribution is -0.120. The third-order valence-corrected chi connectivity index (χ3v) is 1.36. The normalized spacial score (nSPS) is 14.3. The predicted octanol–water partition coefficient (Wildman–Crippen LogP) is -0.746. The first kappa shape index (κ1) is 10.4. The summed E-state index contributed by atoms with van der Waals surface area (Å²) < 4.78 is 0. The van der Waals surface area contributed by atoms with Crippen LogP contribution < -0.4 is 5.32 Å². The van der Waals surface area contributed by atoms with Crippen molar-refractivity contribution in [2.45, 2.75) is 32.5 Å². The molecule has 66 valence electrons. The Labute approximate surface area is 66.2 Å². The van der Waals surface area contributed by atoms with Crippen molar-refractivity contribution in [1.29, 1.82) is 0 Å². The number of amides is 1. The highest BCUT2D eigenvalue weighted by Crippen LogP contribution is 2.06. The van der Waals surface area contributed by atoms with Gasteiger partial charge in [0.1, 0.15) is 0 Å². The van der Waals surface area contributed by atoms with E-state index in [1.165, 1.54) is 20.8 Å². The van der Waals surface area contributed by atoms with Crippen LogP contribution in [0.3, 0.4) is 0 Å². The fraction of sp³-hybridized carbons (Fsp3) is 0.857. The Morgan fingerprint density at radius 2 is 2.09 bits per heavy atom. The third-order valence-electron chi connectivity index (χ3n) is 1.36. The molecule has 0 heterocycles. The second kappa shape index (κ2) is 3.69. The molecule has 0 aromatic rings. The Bertz CT molecular complexity index is 139. The molecule has 0 spiro atoms. The molecule has 0 aliphatic heterocycles. The predicted molar refractivity (Wildman–Crippen MR) is 41.0 cm³/mol. The van der Waals surface area contributed by atoms with Gasteiger partial charge in [-0.3, -0.25) is 4.79 Å². The molecule has 0 radical (unpaired) electrons. The van der Waals surface area contributed by atoms with E-state index >= 15 is 0 Å². The highest BCUT2D eigenvalue weighted by molar-refractivity contribution is 5.72. The third kappa shape index (κ3) is 4.75. The van der Waals surface area contributed by atoms with Gasteiger partial charge in [-0.2, -0.15) is 0 Å². The maximum Gasteiger partial charge on any atom is 0.216 e. The topological polar surface area (TPSA) is 69.6 Å². The van der Waals surface area contributed by atoms with Crippen LogP contribution in [0.25, 0.3) is 0 Å². The van der Waals surface area contributed by atoms with Gasteiger partial charge in [0.15, 0.2) is 0 Å². The molecule has 4 nitrogen and oxygen atoms in total. The minimum atomic E-state index is -1.16. The minimum Gasteiger partial charge on any atom is -0.388 e. The number of hydrogen-bond donors (Lipinski definition) is 3. The van der Waals surface area contributed by atoms with Crippen molar-refractivity contribution >= 4 is 5.91 Å². The molecule has 0 saturated carbocycles. The number of aliphatic hydroxyl groups excluding tert-OH is 1. The highest BCUT2D eigenvalue weighted by Gasteiger charge is 2.23. The Kier molecular flexibility index (Phi) is 3.48. The zero-order chi connectivity index (χ0) is 9.07. The maximum atomic E-state index is 10.4. The van der Waals surface area contributed by atoms with Crippen molar-refractivity contribution in [2.24, 2.45) is 0 Å². The first-order valence-electron chi connectivity index (χ1n) is 3.49. The van der Waals surface area contributed by atoms with E-state index in [4.69, 9.17) is 5.11 Å². The summed E-state index contributed by atoms with van der Waals surface area (Å²) in [5.41, 5.74) is -1.16. The number of rotatable bonds is 3. The SMILES string of the molecule is CC(=O)NCC(O)C(C)(C)O. The summed E-state index contributed by atoms with van der Waals surface area (Å²) in [6.45, 7) is 4.41. The Morgan fingerprint density at radius 3 is 2.36 bits per heavy atom. The number of nitrogens with one attached hydrogen (secondary N) is 1. The molecule has 0 fully saturated rings. The van der Waals surface area contributed by atoms with Gasteiger partial charge in [-0.15, -0.1) is 0 Å². The van der Waals surface area contributed by atoms with E-state index in [0.717, 1.165) is 0 Å². The lowest BCUT2D eigenvalue weighted by Gasteiger charge is -2.24. The van der Waals surface area contributed by atoms with Crippen LogP contribution in [0.15, 0.2) is 0 Å². The molecule has 0 rings (SSSR count). The maximum absolute atomic E-state index is 10.4. The molecule has 1 unspecified atom stereocenters. The van der Waals surface area contributed by atoms with Crippen LogP contribution in [0.1, 0.15) is 20.8 Å². The van der Waals surface area contributed by atoms with Crippen molar-refractivity contribution in [3.63, 3.8) is 0 Å². The average molecular weight is 161 g/mol. The Hall–Kier alpha value is -0.610. The van der Waals surface area contributed by atoms with Crippen molar-refractivity contribution in [2.75, 3.05) is 6.54 Å². The largest absolute Gasteiger partial charge is 0.388 e. The Morgan fingerprint density at radius 1 is 1.64 bits per heavy atom. The summed E-state index contributed by atoms with van der Waals surface area (Å²) in [6.07, 6.45) is -0.925. The van der Waals surface area contributed by atoms with Crippen LogP contribution in [-0.2, 0) is 4.79 Å². The van der Waals surface area contributed by atoms with Gasteiger partial charge in [-0.1, -0.05) is 0 Å². The van der Waals surface area contributed by atoms with Crippen LogP contribution in [0.5, 0.6) is 0 Å². The zero-order valence-electron chi connectivity index (χ0n) is 7.09. The molecule has 0 aromatic heterocycles. The van der Waals surface area contributed by atoms with Gasteiger partial charge < -0.3 is 15.5 Å². The molecular formula is C7H15NO3. The van der Waals surface area contributed by atoms with E-state index in [1.807, 2.05) is 0 Å². The lowest BCUT2D eigenvalue weighted by atomic mass is 10.0. The van der Waals surface area contributed by atoms with Crippen molar-refractivity contribution in [3.8, 4) is 0 Å². The van der Waals surface area contributed by atoms with Crippen LogP contribution in [0.4, 0.5) is 0 Å². The monoisotopic (exact) mass is 161 g/mol. The molecular weight excluding hydrogens is 146 g/mol. The van der Waals surface area contributed by atoms with E-state index in [1.54, 1.807) is 0 Å². The average Bonchev–Trinajstić information content (AvgIpc) is 1.80. The molecule has 1 amide bonds. The van der Waals surface area contributed by atoms with Crippen LogP contribution in [0, 0.1) is 0 Å². The number of aliphatic hydroxyl groups is 2. The number of carbonyl (C=O) groups is 1. The molecule has 0 bridgehead atoms. The van der Waals surface area contributed by atoms with Crippen molar-refractivity contribution in [3.05, 3.63) is 0 Å². The summed E-state index contributed by atoms with van der Waals surface area (Å²) in [4.78, 5) is 10.4. The highest BCUT2D eigenvalue weighted by atomic mass is 16.3. The van der Waals surface area contributed by atoms with Gasteiger partial charge in [0, 0.05) is 13.5 Å². The van der Waals surface area contributed by atoms with Gasteiger partial charge in [-0.05, 0) is 13.8 Å². The summed E-state index contributed by atoms with van der Waals surface area (Å²) in [5.74, 6) is -0.215. The summed E-state index contributed by atoms with van der Waals surface area (Å²) in [6, 6.07) is 0. The van der Waals surface area contributed by atoms with Gasteiger partial charge >= 0.3 is 0 Å². The van der Waals surface area contributed by atoms with Gasteiger partial charge in [0.05, 0.1) is 11.7 Å². The van der Waals surface area contributed by atoms with E-state index in [9.17, 15) is 9.90 Å². The first-order valence-corrected chi connectivity index (χ1v) is 3.49. The quantitative estimate of drug-likeness (QED) is 0.510. The number of hydrogen-bond acceptors (Lipinski definition) is 3. The molecule has 1 atom stereocenters. The van der Waals surface area contributed by atoms with Crippen LogP contribution >= 0.6 is 0 Å². The number of carbonyl (C=O) groups excluding carboxylic acids is 1. The van der Waals surface area contributed by atoms with E-state index < -0.39 is 11.7 Å². The minimum absolute atomic E-state index is 0.0822. The fourth-order valence-electron chi connectivity index (χ4n) is 0.490. The van der Waals surface area contributed by atoms with Gasteiger partial charge in [0.25, 0.3) is 0 Å². The molecule has 3 N–H and O–H groups in total. The zero-order valence-corrected chi connectivity index (χ0v) is 7.09. The van der Waals surface area contributed by atoms with Crippen LogP contribution in [-0.4, -0.2) is 34.4 Å². The molecule has 4 heteroatoms. The van der Waals surface area contributed by atoms with Crippen LogP contribution in [0.2, 0.25) is 0 Å². The molecule has 0 saturated heterocycles. The Balaban J connectivity index is 3.70. The van der Waals surface area contributed by atoms with E-state index in [2.05, 4.69) is 5.32 Å². The standard InChI is InChI=1S/C7H15NO3/c1-5(9)8-4-6(10)7(2,3)11/h6,10-11H,4H2,1-3H3,(H,8,9). The molecule has 0 aliphatic carbocycles. The van der Waals surface area contributed by atoms with Crippen molar-refractivity contribution in [1.82, 2.24) is 5.32 Å². The second-order valence-electron chi connectivity index (χ2n) is 3.11. The lowest BCUT2D eigenvalue weighted by Crippen LogP contribution is -2.44.